The summed E-state index contributed by atoms with van der Waals surface area (Å²) in [6.45, 7) is 4.27. The Morgan fingerprint density at radius 1 is 1.00 bits per heavy atom. The molecule has 2 aliphatic heterocycles. The molecule has 6 nitrogen and oxygen atoms in total. The summed E-state index contributed by atoms with van der Waals surface area (Å²) < 4.78 is 1.87. The molecule has 7 heteroatoms. The standard InChI is InChI=1S/C25H28N6S/c1-29-14-16-30(17-15-29)21-7-5-6-20(18-21)26-25-27-24-23(8-3-4-13-31(24)28-25)19-9-11-22(32-2)12-10-19/h4-13,18H,3,14-17H2,1-2H3,(H,26,28). The Kier molecular flexibility index (Phi) is 6.01. The first-order valence-electron chi connectivity index (χ1n) is 11.0. The number of nitrogens with zero attached hydrogens (tertiary/aromatic N) is 5. The maximum Gasteiger partial charge on any atom is 0.247 e. The van der Waals surface area contributed by atoms with Crippen molar-refractivity contribution in [2.75, 3.05) is 49.7 Å². The molecule has 164 valence electrons. The SMILES string of the molecule is CSc1ccc(C2=CCC=Cn3nc(Nc4cccc(N5CCN(C)CC5)c4)nc32)cc1. The molecule has 1 aromatic heterocycles. The van der Waals surface area contributed by atoms with E-state index in [0.717, 1.165) is 55.2 Å². The van der Waals surface area contributed by atoms with Gasteiger partial charge < -0.3 is 15.1 Å². The molecule has 0 spiro atoms. The van der Waals surface area contributed by atoms with Gasteiger partial charge in [-0.1, -0.05) is 30.4 Å². The normalized spacial score (nSPS) is 16.4. The van der Waals surface area contributed by atoms with Crippen LogP contribution in [0.25, 0.3) is 11.8 Å². The zero-order chi connectivity index (χ0) is 21.9. The van der Waals surface area contributed by atoms with Crippen LogP contribution < -0.4 is 10.2 Å². The van der Waals surface area contributed by atoms with Crippen molar-refractivity contribution in [1.82, 2.24) is 19.7 Å². The number of thioether (sulfide) groups is 1. The highest BCUT2D eigenvalue weighted by Gasteiger charge is 2.18. The lowest BCUT2D eigenvalue weighted by Gasteiger charge is -2.34. The molecule has 1 N–H and O–H groups in total. The molecule has 5 rings (SSSR count). The van der Waals surface area contributed by atoms with Gasteiger partial charge in [0.15, 0.2) is 5.82 Å². The Hall–Kier alpha value is -3.03. The van der Waals surface area contributed by atoms with Gasteiger partial charge in [0, 0.05) is 54.2 Å². The van der Waals surface area contributed by atoms with Crippen LogP contribution in [-0.4, -0.2) is 59.1 Å². The average molecular weight is 445 g/mol. The maximum atomic E-state index is 4.85. The number of hydrogen-bond acceptors (Lipinski definition) is 6. The van der Waals surface area contributed by atoms with E-state index >= 15 is 0 Å². The summed E-state index contributed by atoms with van der Waals surface area (Å²) in [7, 11) is 2.18. The molecule has 3 heterocycles. The predicted octanol–water partition coefficient (Wildman–Crippen LogP) is 4.80. The van der Waals surface area contributed by atoms with E-state index in [0.29, 0.717) is 5.95 Å². The van der Waals surface area contributed by atoms with Gasteiger partial charge in [-0.05, 0) is 55.6 Å². The van der Waals surface area contributed by atoms with Crippen LogP contribution >= 0.6 is 11.8 Å². The molecular formula is C25H28N6S. The zero-order valence-electron chi connectivity index (χ0n) is 18.5. The summed E-state index contributed by atoms with van der Waals surface area (Å²) >= 11 is 1.75. The Morgan fingerprint density at radius 3 is 2.59 bits per heavy atom. The van der Waals surface area contributed by atoms with Crippen LogP contribution in [0.3, 0.4) is 0 Å². The van der Waals surface area contributed by atoms with Gasteiger partial charge >= 0.3 is 0 Å². The number of piperazine rings is 1. The van der Waals surface area contributed by atoms with Gasteiger partial charge in [-0.2, -0.15) is 4.98 Å². The van der Waals surface area contributed by atoms with Gasteiger partial charge in [-0.3, -0.25) is 0 Å². The highest BCUT2D eigenvalue weighted by atomic mass is 32.2. The number of aromatic nitrogens is 3. The molecule has 0 amide bonds. The van der Waals surface area contributed by atoms with E-state index in [-0.39, 0.29) is 0 Å². The van der Waals surface area contributed by atoms with E-state index < -0.39 is 0 Å². The fourth-order valence-corrected chi connectivity index (χ4v) is 4.50. The molecule has 1 saturated heterocycles. The minimum atomic E-state index is 0.605. The Bertz CT molecular complexity index is 1140. The van der Waals surface area contributed by atoms with Crippen molar-refractivity contribution in [3.63, 3.8) is 0 Å². The Morgan fingerprint density at radius 2 is 1.81 bits per heavy atom. The van der Waals surface area contributed by atoms with Crippen LogP contribution in [0.5, 0.6) is 0 Å². The van der Waals surface area contributed by atoms with E-state index in [1.54, 1.807) is 11.8 Å². The average Bonchev–Trinajstić information content (AvgIpc) is 3.11. The third kappa shape index (κ3) is 4.45. The molecule has 32 heavy (non-hydrogen) atoms. The van der Waals surface area contributed by atoms with E-state index in [4.69, 9.17) is 10.1 Å². The van der Waals surface area contributed by atoms with Gasteiger partial charge in [0.1, 0.15) is 0 Å². The van der Waals surface area contributed by atoms with Gasteiger partial charge in [0.2, 0.25) is 5.95 Å². The highest BCUT2D eigenvalue weighted by Crippen LogP contribution is 2.29. The fraction of sp³-hybridized carbons (Fsp3) is 0.280. The van der Waals surface area contributed by atoms with Gasteiger partial charge in [0.05, 0.1) is 0 Å². The van der Waals surface area contributed by atoms with Crippen molar-refractivity contribution in [3.05, 3.63) is 72.1 Å². The van der Waals surface area contributed by atoms with Gasteiger partial charge in [-0.15, -0.1) is 16.9 Å². The Balaban J connectivity index is 1.39. The second kappa shape index (κ2) is 9.22. The van der Waals surface area contributed by atoms with Crippen LogP contribution in [-0.2, 0) is 0 Å². The number of benzene rings is 2. The second-order valence-electron chi connectivity index (χ2n) is 8.14. The van der Waals surface area contributed by atoms with E-state index in [1.807, 2.05) is 10.9 Å². The minimum absolute atomic E-state index is 0.605. The number of hydrogen-bond donors (Lipinski definition) is 1. The van der Waals surface area contributed by atoms with Crippen LogP contribution in [0.1, 0.15) is 17.8 Å². The molecule has 3 aromatic rings. The molecule has 0 saturated carbocycles. The molecule has 0 atom stereocenters. The molecular weight excluding hydrogens is 416 g/mol. The topological polar surface area (TPSA) is 49.2 Å². The molecule has 2 aliphatic rings. The molecule has 0 radical (unpaired) electrons. The smallest absolute Gasteiger partial charge is 0.247 e. The van der Waals surface area contributed by atoms with Crippen LogP contribution in [0.4, 0.5) is 17.3 Å². The zero-order valence-corrected chi connectivity index (χ0v) is 19.3. The van der Waals surface area contributed by atoms with Crippen molar-refractivity contribution in [2.24, 2.45) is 0 Å². The largest absolute Gasteiger partial charge is 0.369 e. The molecule has 1 fully saturated rings. The quantitative estimate of drug-likeness (QED) is 0.571. The van der Waals surface area contributed by atoms with Crippen molar-refractivity contribution in [3.8, 4) is 0 Å². The summed E-state index contributed by atoms with van der Waals surface area (Å²) in [6, 6.07) is 17.2. The first-order chi connectivity index (χ1) is 15.7. The van der Waals surface area contributed by atoms with Crippen molar-refractivity contribution < 1.29 is 0 Å². The van der Waals surface area contributed by atoms with E-state index in [9.17, 15) is 0 Å². The summed E-state index contributed by atoms with van der Waals surface area (Å²) in [5.41, 5.74) is 4.50. The molecule has 2 aromatic carbocycles. The second-order valence-corrected chi connectivity index (χ2v) is 9.02. The summed E-state index contributed by atoms with van der Waals surface area (Å²) in [5.74, 6) is 1.46. The van der Waals surface area contributed by atoms with Crippen molar-refractivity contribution >= 4 is 40.9 Å². The molecule has 0 unspecified atom stereocenters. The summed E-state index contributed by atoms with van der Waals surface area (Å²) in [5, 5.41) is 8.13. The lowest BCUT2D eigenvalue weighted by Crippen LogP contribution is -2.44. The molecule has 0 bridgehead atoms. The lowest BCUT2D eigenvalue weighted by molar-refractivity contribution is 0.313. The van der Waals surface area contributed by atoms with Crippen molar-refractivity contribution in [1.29, 1.82) is 0 Å². The van der Waals surface area contributed by atoms with Crippen LogP contribution in [0, 0.1) is 0 Å². The highest BCUT2D eigenvalue weighted by molar-refractivity contribution is 7.98. The third-order valence-corrected chi connectivity index (χ3v) is 6.69. The van der Waals surface area contributed by atoms with E-state index in [1.165, 1.54) is 10.6 Å². The predicted molar refractivity (Wildman–Crippen MR) is 135 cm³/mol. The monoisotopic (exact) mass is 444 g/mol. The summed E-state index contributed by atoms with van der Waals surface area (Å²) in [6.07, 6.45) is 9.28. The number of likely N-dealkylation sites (N-methyl/N-ethyl adjacent to an activating group) is 1. The fourth-order valence-electron chi connectivity index (χ4n) is 4.09. The number of nitrogens with one attached hydrogen (secondary N) is 1. The van der Waals surface area contributed by atoms with Crippen LogP contribution in [0.2, 0.25) is 0 Å². The van der Waals surface area contributed by atoms with Gasteiger partial charge in [-0.25, -0.2) is 4.68 Å². The minimum Gasteiger partial charge on any atom is -0.369 e. The van der Waals surface area contributed by atoms with Crippen molar-refractivity contribution in [2.45, 2.75) is 11.3 Å². The van der Waals surface area contributed by atoms with E-state index in [2.05, 4.69) is 89.1 Å². The lowest BCUT2D eigenvalue weighted by atomic mass is 10.0. The first-order valence-corrected chi connectivity index (χ1v) is 12.2. The first kappa shape index (κ1) is 20.8. The number of rotatable bonds is 5. The third-order valence-electron chi connectivity index (χ3n) is 5.95. The number of anilines is 3. The number of fused-ring (bicyclic) bond motifs is 1. The van der Waals surface area contributed by atoms with Gasteiger partial charge in [0.25, 0.3) is 0 Å². The maximum absolute atomic E-state index is 4.85. The summed E-state index contributed by atoms with van der Waals surface area (Å²) in [4.78, 5) is 10.9. The number of allylic oxidation sites excluding steroid dienone is 2. The molecule has 0 aliphatic carbocycles. The Labute approximate surface area is 193 Å². The van der Waals surface area contributed by atoms with Crippen LogP contribution in [0.15, 0.2) is 65.6 Å².